The van der Waals surface area contributed by atoms with Crippen LogP contribution >= 0.6 is 0 Å². The van der Waals surface area contributed by atoms with E-state index in [0.29, 0.717) is 0 Å². The summed E-state index contributed by atoms with van der Waals surface area (Å²) in [6.07, 6.45) is 0.903. The molecule has 1 aromatic rings. The second kappa shape index (κ2) is 7.66. The predicted molar refractivity (Wildman–Crippen MR) is 86.0 cm³/mol. The van der Waals surface area contributed by atoms with Crippen LogP contribution in [-0.2, 0) is 0 Å². The van der Waals surface area contributed by atoms with Gasteiger partial charge < -0.3 is 19.9 Å². The zero-order valence-corrected chi connectivity index (χ0v) is 14.1. The third kappa shape index (κ3) is 5.56. The lowest BCUT2D eigenvalue weighted by molar-refractivity contribution is 0.190. The summed E-state index contributed by atoms with van der Waals surface area (Å²) in [4.78, 5) is 0. The van der Waals surface area contributed by atoms with Crippen LogP contribution in [0.1, 0.15) is 45.7 Å². The second-order valence-corrected chi connectivity index (χ2v) is 6.64. The number of ether oxygens (including phenoxy) is 2. The topological polar surface area (TPSA) is 50.7 Å². The lowest BCUT2D eigenvalue weighted by Gasteiger charge is -2.29. The fraction of sp³-hybridized carbons (Fsp3) is 0.647. The Labute approximate surface area is 128 Å². The van der Waals surface area contributed by atoms with Crippen molar-refractivity contribution in [3.05, 3.63) is 23.8 Å². The van der Waals surface area contributed by atoms with Gasteiger partial charge in [-0.15, -0.1) is 0 Å². The first-order valence-corrected chi connectivity index (χ1v) is 7.39. The smallest absolute Gasteiger partial charge is 0.123 e. The minimum Gasteiger partial charge on any atom is -0.497 e. The van der Waals surface area contributed by atoms with E-state index < -0.39 is 0 Å². The Kier molecular flexibility index (Phi) is 6.49. The molecule has 0 aliphatic carbocycles. The quantitative estimate of drug-likeness (QED) is 0.811. The van der Waals surface area contributed by atoms with Crippen molar-refractivity contribution in [1.29, 1.82) is 0 Å². The molecule has 0 saturated heterocycles. The van der Waals surface area contributed by atoms with E-state index in [9.17, 15) is 5.11 Å². The number of methoxy groups -OCH3 is 2. The monoisotopic (exact) mass is 295 g/mol. The van der Waals surface area contributed by atoms with Gasteiger partial charge in [-0.25, -0.2) is 0 Å². The second-order valence-electron chi connectivity index (χ2n) is 6.64. The minimum absolute atomic E-state index is 0.0518. The maximum absolute atomic E-state index is 9.59. The fourth-order valence-corrected chi connectivity index (χ4v) is 2.54. The molecule has 2 atom stereocenters. The lowest BCUT2D eigenvalue weighted by atomic mass is 9.88. The summed E-state index contributed by atoms with van der Waals surface area (Å²) < 4.78 is 10.7. The Bertz CT molecular complexity index is 440. The molecule has 1 aromatic carbocycles. The first-order valence-electron chi connectivity index (χ1n) is 7.39. The molecule has 0 spiro atoms. The maximum atomic E-state index is 9.59. The predicted octanol–water partition coefficient (Wildman–Crippen LogP) is 3.15. The van der Waals surface area contributed by atoms with E-state index in [1.807, 2.05) is 18.2 Å². The van der Waals surface area contributed by atoms with E-state index in [0.717, 1.165) is 23.5 Å². The molecule has 0 bridgehead atoms. The molecule has 0 aromatic heterocycles. The molecule has 0 amide bonds. The maximum Gasteiger partial charge on any atom is 0.123 e. The van der Waals surface area contributed by atoms with Gasteiger partial charge in [-0.1, -0.05) is 20.8 Å². The van der Waals surface area contributed by atoms with Gasteiger partial charge in [0.1, 0.15) is 11.5 Å². The third-order valence-electron chi connectivity index (χ3n) is 3.47. The first-order chi connectivity index (χ1) is 9.80. The van der Waals surface area contributed by atoms with Gasteiger partial charge in [-0.2, -0.15) is 0 Å². The molecular formula is C17H29NO3. The van der Waals surface area contributed by atoms with Gasteiger partial charge in [0.25, 0.3) is 0 Å². The van der Waals surface area contributed by atoms with E-state index >= 15 is 0 Å². The van der Waals surface area contributed by atoms with Gasteiger partial charge in [-0.3, -0.25) is 0 Å². The SMILES string of the molecule is COc1ccc(OC)c(C(C)NC(CO)CC(C)(C)C)c1. The zero-order chi connectivity index (χ0) is 16.0. The molecule has 4 nitrogen and oxygen atoms in total. The highest BCUT2D eigenvalue weighted by molar-refractivity contribution is 5.42. The van der Waals surface area contributed by atoms with Crippen molar-refractivity contribution in [1.82, 2.24) is 5.32 Å². The normalized spacial score (nSPS) is 14.6. The highest BCUT2D eigenvalue weighted by Gasteiger charge is 2.21. The molecule has 1 rings (SSSR count). The number of hydrogen-bond donors (Lipinski definition) is 2. The van der Waals surface area contributed by atoms with Crippen molar-refractivity contribution < 1.29 is 14.6 Å². The van der Waals surface area contributed by atoms with Gasteiger partial charge in [0.05, 0.1) is 20.8 Å². The number of aliphatic hydroxyl groups is 1. The molecule has 4 heteroatoms. The van der Waals surface area contributed by atoms with Crippen LogP contribution in [0.3, 0.4) is 0 Å². The number of rotatable bonds is 7. The van der Waals surface area contributed by atoms with Crippen LogP contribution in [0.25, 0.3) is 0 Å². The standard InChI is InChI=1S/C17H29NO3/c1-12(18-13(11-19)10-17(2,3)4)15-9-14(20-5)7-8-16(15)21-6/h7-9,12-13,18-19H,10-11H2,1-6H3. The summed E-state index contributed by atoms with van der Waals surface area (Å²) >= 11 is 0. The summed E-state index contributed by atoms with van der Waals surface area (Å²) in [6, 6.07) is 5.88. The van der Waals surface area contributed by atoms with Crippen LogP contribution in [0, 0.1) is 5.41 Å². The van der Waals surface area contributed by atoms with Crippen LogP contribution in [0.15, 0.2) is 18.2 Å². The number of benzene rings is 1. The van der Waals surface area contributed by atoms with Crippen LogP contribution in [0.2, 0.25) is 0 Å². The lowest BCUT2D eigenvalue weighted by Crippen LogP contribution is -2.37. The van der Waals surface area contributed by atoms with Crippen molar-refractivity contribution in [2.75, 3.05) is 20.8 Å². The van der Waals surface area contributed by atoms with Crippen molar-refractivity contribution in [3.8, 4) is 11.5 Å². The van der Waals surface area contributed by atoms with E-state index in [-0.39, 0.29) is 24.1 Å². The van der Waals surface area contributed by atoms with Crippen LogP contribution in [0.4, 0.5) is 0 Å². The van der Waals surface area contributed by atoms with E-state index in [2.05, 4.69) is 33.0 Å². The molecule has 0 aliphatic rings. The van der Waals surface area contributed by atoms with E-state index in [4.69, 9.17) is 9.47 Å². The highest BCUT2D eigenvalue weighted by Crippen LogP contribution is 2.30. The molecular weight excluding hydrogens is 266 g/mol. The van der Waals surface area contributed by atoms with Crippen LogP contribution in [-0.4, -0.2) is 32.0 Å². The van der Waals surface area contributed by atoms with Crippen molar-refractivity contribution in [2.45, 2.75) is 46.2 Å². The Hall–Kier alpha value is -1.26. The average Bonchev–Trinajstić information content (AvgIpc) is 2.44. The summed E-state index contributed by atoms with van der Waals surface area (Å²) in [5, 5.41) is 13.1. The summed E-state index contributed by atoms with van der Waals surface area (Å²) in [5.74, 6) is 1.62. The summed E-state index contributed by atoms with van der Waals surface area (Å²) in [6.45, 7) is 8.72. The number of hydrogen-bond acceptors (Lipinski definition) is 4. The first kappa shape index (κ1) is 17.8. The van der Waals surface area contributed by atoms with E-state index in [1.54, 1.807) is 14.2 Å². The molecule has 0 saturated carbocycles. The molecule has 21 heavy (non-hydrogen) atoms. The summed E-state index contributed by atoms with van der Waals surface area (Å²) in [7, 11) is 3.32. The Morgan fingerprint density at radius 1 is 1.19 bits per heavy atom. The van der Waals surface area contributed by atoms with E-state index in [1.165, 1.54) is 0 Å². The van der Waals surface area contributed by atoms with Gasteiger partial charge >= 0.3 is 0 Å². The van der Waals surface area contributed by atoms with Crippen LogP contribution < -0.4 is 14.8 Å². The molecule has 0 aliphatic heterocycles. The molecule has 2 N–H and O–H groups in total. The molecule has 0 radical (unpaired) electrons. The Morgan fingerprint density at radius 3 is 2.33 bits per heavy atom. The Balaban J connectivity index is 2.88. The molecule has 120 valence electrons. The third-order valence-corrected chi connectivity index (χ3v) is 3.47. The summed E-state index contributed by atoms with van der Waals surface area (Å²) in [5.41, 5.74) is 1.20. The molecule has 2 unspecified atom stereocenters. The average molecular weight is 295 g/mol. The van der Waals surface area contributed by atoms with Crippen LogP contribution in [0.5, 0.6) is 11.5 Å². The van der Waals surface area contributed by atoms with Gasteiger partial charge in [0.15, 0.2) is 0 Å². The minimum atomic E-state index is 0.0518. The molecule has 0 fully saturated rings. The zero-order valence-electron chi connectivity index (χ0n) is 14.1. The Morgan fingerprint density at radius 2 is 1.86 bits per heavy atom. The van der Waals surface area contributed by atoms with Crippen molar-refractivity contribution in [3.63, 3.8) is 0 Å². The van der Waals surface area contributed by atoms with Crippen molar-refractivity contribution >= 4 is 0 Å². The molecule has 0 heterocycles. The number of aliphatic hydroxyl groups excluding tert-OH is 1. The van der Waals surface area contributed by atoms with Crippen molar-refractivity contribution in [2.24, 2.45) is 5.41 Å². The number of nitrogens with one attached hydrogen (secondary N) is 1. The van der Waals surface area contributed by atoms with Gasteiger partial charge in [0.2, 0.25) is 0 Å². The fourth-order valence-electron chi connectivity index (χ4n) is 2.54. The largest absolute Gasteiger partial charge is 0.497 e. The van der Waals surface area contributed by atoms with Gasteiger partial charge in [0, 0.05) is 17.6 Å². The highest BCUT2D eigenvalue weighted by atomic mass is 16.5. The van der Waals surface area contributed by atoms with Gasteiger partial charge in [-0.05, 0) is 37.0 Å².